The number of nitrogens with one attached hydrogen (secondary N) is 1. The van der Waals surface area contributed by atoms with E-state index in [4.69, 9.17) is 4.74 Å². The second-order valence-corrected chi connectivity index (χ2v) is 9.91. The summed E-state index contributed by atoms with van der Waals surface area (Å²) in [7, 11) is 0. The number of carbonyl (C=O) groups is 2. The number of carbonyl (C=O) groups excluding carboxylic acids is 2. The van der Waals surface area contributed by atoms with Crippen molar-refractivity contribution in [1.82, 2.24) is 10.2 Å². The summed E-state index contributed by atoms with van der Waals surface area (Å²) in [4.78, 5) is 27.6. The first-order valence-corrected chi connectivity index (χ1v) is 12.3. The van der Waals surface area contributed by atoms with Gasteiger partial charge in [0, 0.05) is 19.5 Å². The van der Waals surface area contributed by atoms with Crippen LogP contribution in [0.3, 0.4) is 0 Å². The molecule has 2 atom stereocenters. The largest absolute Gasteiger partial charge is 0.481 e. The standard InChI is InChI=1S/C28H37FN2O3/c1-6-25(28(33)30-17-19(4)5)34-23-11-10-20-12-13-31(26(32)14-18(2)3)27(24(20)16-23)21-8-7-9-22(29)15-21/h7-11,15-16,18-19,25,27H,6,12-14,17H2,1-5H3,(H,30,33)/t25-,27+/m0/s1. The summed E-state index contributed by atoms with van der Waals surface area (Å²) in [5.74, 6) is 0.744. The Balaban J connectivity index is 1.95. The molecule has 2 amide bonds. The smallest absolute Gasteiger partial charge is 0.261 e. The van der Waals surface area contributed by atoms with E-state index in [0.717, 1.165) is 23.1 Å². The van der Waals surface area contributed by atoms with E-state index in [2.05, 4.69) is 5.32 Å². The van der Waals surface area contributed by atoms with Gasteiger partial charge in [-0.25, -0.2) is 4.39 Å². The summed E-state index contributed by atoms with van der Waals surface area (Å²) in [6.45, 7) is 11.2. The molecule has 1 aliphatic rings. The van der Waals surface area contributed by atoms with Gasteiger partial charge in [0.05, 0.1) is 6.04 Å². The van der Waals surface area contributed by atoms with Crippen molar-refractivity contribution < 1.29 is 18.7 Å². The van der Waals surface area contributed by atoms with Crippen molar-refractivity contribution in [1.29, 1.82) is 0 Å². The number of hydrogen-bond donors (Lipinski definition) is 1. The van der Waals surface area contributed by atoms with Gasteiger partial charge < -0.3 is 15.0 Å². The lowest BCUT2D eigenvalue weighted by Gasteiger charge is -2.38. The molecule has 6 heteroatoms. The first-order chi connectivity index (χ1) is 16.2. The fourth-order valence-corrected chi connectivity index (χ4v) is 4.34. The number of rotatable bonds is 9. The van der Waals surface area contributed by atoms with Gasteiger partial charge in [0.1, 0.15) is 11.6 Å². The molecular formula is C28H37FN2O3. The minimum atomic E-state index is -0.605. The second-order valence-electron chi connectivity index (χ2n) is 9.91. The molecule has 1 aliphatic heterocycles. The van der Waals surface area contributed by atoms with Crippen LogP contribution in [-0.4, -0.2) is 35.9 Å². The molecule has 34 heavy (non-hydrogen) atoms. The summed E-state index contributed by atoms with van der Waals surface area (Å²) in [5.41, 5.74) is 2.76. The topological polar surface area (TPSA) is 58.6 Å². The zero-order chi connectivity index (χ0) is 24.8. The fraction of sp³-hybridized carbons (Fsp3) is 0.500. The third kappa shape index (κ3) is 6.37. The van der Waals surface area contributed by atoms with Gasteiger partial charge in [-0.3, -0.25) is 9.59 Å². The fourth-order valence-electron chi connectivity index (χ4n) is 4.34. The predicted molar refractivity (Wildman–Crippen MR) is 132 cm³/mol. The molecule has 0 aromatic heterocycles. The Bertz CT molecular complexity index is 1000. The van der Waals surface area contributed by atoms with Crippen molar-refractivity contribution in [3.63, 3.8) is 0 Å². The van der Waals surface area contributed by atoms with E-state index in [-0.39, 0.29) is 23.5 Å². The van der Waals surface area contributed by atoms with Crippen LogP contribution in [0.5, 0.6) is 5.75 Å². The highest BCUT2D eigenvalue weighted by atomic mass is 19.1. The first-order valence-electron chi connectivity index (χ1n) is 12.3. The number of ether oxygens (including phenoxy) is 1. The zero-order valence-electron chi connectivity index (χ0n) is 20.9. The van der Waals surface area contributed by atoms with Crippen LogP contribution in [0.1, 0.15) is 70.2 Å². The van der Waals surface area contributed by atoms with Gasteiger partial charge in [-0.15, -0.1) is 0 Å². The maximum Gasteiger partial charge on any atom is 0.261 e. The Labute approximate surface area is 202 Å². The third-order valence-corrected chi connectivity index (χ3v) is 6.04. The summed E-state index contributed by atoms with van der Waals surface area (Å²) in [6.07, 6.45) is 1.09. The van der Waals surface area contributed by atoms with Crippen molar-refractivity contribution in [2.75, 3.05) is 13.1 Å². The summed E-state index contributed by atoms with van der Waals surface area (Å²) in [6, 6.07) is 11.8. The molecular weight excluding hydrogens is 431 g/mol. The molecule has 0 bridgehead atoms. The average Bonchev–Trinajstić information content (AvgIpc) is 2.79. The molecule has 0 saturated carbocycles. The highest BCUT2D eigenvalue weighted by Crippen LogP contribution is 2.38. The number of hydrogen-bond acceptors (Lipinski definition) is 3. The molecule has 0 saturated heterocycles. The predicted octanol–water partition coefficient (Wildman–Crippen LogP) is 5.28. The molecule has 0 unspecified atom stereocenters. The van der Waals surface area contributed by atoms with Crippen molar-refractivity contribution in [3.8, 4) is 5.75 Å². The quantitative estimate of drug-likeness (QED) is 0.545. The normalized spacial score (nSPS) is 16.4. The van der Waals surface area contributed by atoms with E-state index in [0.29, 0.717) is 37.6 Å². The molecule has 3 rings (SSSR count). The van der Waals surface area contributed by atoms with Crippen LogP contribution >= 0.6 is 0 Å². The SMILES string of the molecule is CC[C@H](Oc1ccc2c(c1)[C@@H](c1cccc(F)c1)N(C(=O)CC(C)C)CC2)C(=O)NCC(C)C. The lowest BCUT2D eigenvalue weighted by Crippen LogP contribution is -2.41. The van der Waals surface area contributed by atoms with Crippen LogP contribution in [0.4, 0.5) is 4.39 Å². The molecule has 5 nitrogen and oxygen atoms in total. The van der Waals surface area contributed by atoms with Crippen LogP contribution in [0.15, 0.2) is 42.5 Å². The van der Waals surface area contributed by atoms with E-state index in [1.165, 1.54) is 12.1 Å². The Kier molecular flexibility index (Phi) is 8.70. The van der Waals surface area contributed by atoms with Crippen LogP contribution in [-0.2, 0) is 16.0 Å². The van der Waals surface area contributed by atoms with Crippen molar-refractivity contribution in [2.45, 2.75) is 66.0 Å². The Morgan fingerprint density at radius 3 is 2.53 bits per heavy atom. The van der Waals surface area contributed by atoms with E-state index >= 15 is 0 Å². The van der Waals surface area contributed by atoms with Crippen molar-refractivity contribution in [3.05, 3.63) is 65.0 Å². The molecule has 0 radical (unpaired) electrons. The Morgan fingerprint density at radius 2 is 1.88 bits per heavy atom. The molecule has 0 aliphatic carbocycles. The van der Waals surface area contributed by atoms with Crippen LogP contribution in [0, 0.1) is 17.7 Å². The molecule has 2 aromatic carbocycles. The molecule has 0 fully saturated rings. The van der Waals surface area contributed by atoms with Gasteiger partial charge in [0.2, 0.25) is 5.91 Å². The van der Waals surface area contributed by atoms with Gasteiger partial charge in [-0.05, 0) is 65.6 Å². The molecule has 1 N–H and O–H groups in total. The number of amides is 2. The number of fused-ring (bicyclic) bond motifs is 1. The maximum absolute atomic E-state index is 14.2. The number of benzene rings is 2. The minimum absolute atomic E-state index is 0.0562. The number of halogens is 1. The van der Waals surface area contributed by atoms with E-state index in [1.54, 1.807) is 6.07 Å². The highest BCUT2D eigenvalue weighted by Gasteiger charge is 2.33. The average molecular weight is 469 g/mol. The Morgan fingerprint density at radius 1 is 1.12 bits per heavy atom. The van der Waals surface area contributed by atoms with E-state index in [1.807, 2.05) is 63.8 Å². The molecule has 184 valence electrons. The van der Waals surface area contributed by atoms with Gasteiger partial charge in [0.15, 0.2) is 6.10 Å². The van der Waals surface area contributed by atoms with Crippen molar-refractivity contribution in [2.24, 2.45) is 11.8 Å². The minimum Gasteiger partial charge on any atom is -0.481 e. The van der Waals surface area contributed by atoms with Crippen LogP contribution in [0.2, 0.25) is 0 Å². The lowest BCUT2D eigenvalue weighted by molar-refractivity contribution is -0.134. The van der Waals surface area contributed by atoms with Gasteiger partial charge in [0.25, 0.3) is 5.91 Å². The monoisotopic (exact) mass is 468 g/mol. The summed E-state index contributed by atoms with van der Waals surface area (Å²) >= 11 is 0. The summed E-state index contributed by atoms with van der Waals surface area (Å²) < 4.78 is 20.3. The zero-order valence-corrected chi connectivity index (χ0v) is 20.9. The van der Waals surface area contributed by atoms with E-state index in [9.17, 15) is 14.0 Å². The van der Waals surface area contributed by atoms with Gasteiger partial charge >= 0.3 is 0 Å². The van der Waals surface area contributed by atoms with Crippen LogP contribution < -0.4 is 10.1 Å². The third-order valence-electron chi connectivity index (χ3n) is 6.04. The highest BCUT2D eigenvalue weighted by molar-refractivity contribution is 5.81. The molecule has 1 heterocycles. The molecule has 2 aromatic rings. The van der Waals surface area contributed by atoms with Gasteiger partial charge in [-0.1, -0.05) is 52.8 Å². The van der Waals surface area contributed by atoms with E-state index < -0.39 is 12.1 Å². The van der Waals surface area contributed by atoms with Crippen molar-refractivity contribution >= 4 is 11.8 Å². The second kappa shape index (κ2) is 11.5. The maximum atomic E-state index is 14.2. The lowest BCUT2D eigenvalue weighted by atomic mass is 9.87. The van der Waals surface area contributed by atoms with Gasteiger partial charge in [-0.2, -0.15) is 0 Å². The number of nitrogens with zero attached hydrogens (tertiary/aromatic N) is 1. The van der Waals surface area contributed by atoms with Crippen LogP contribution in [0.25, 0.3) is 0 Å². The first kappa shape index (κ1) is 25.7. The summed E-state index contributed by atoms with van der Waals surface area (Å²) in [5, 5.41) is 2.94. The molecule has 0 spiro atoms. The Hall–Kier alpha value is -2.89.